The molecule has 6 atom stereocenters. The highest BCUT2D eigenvalue weighted by Crippen LogP contribution is 2.49. The molecule has 16 heteroatoms. The molecular weight excluding hydrogens is 582 g/mol. The summed E-state index contributed by atoms with van der Waals surface area (Å²) >= 11 is 6.23. The number of halogens is 2. The summed E-state index contributed by atoms with van der Waals surface area (Å²) in [6.45, 7) is 5.77. The number of benzene rings is 1. The van der Waals surface area contributed by atoms with Crippen LogP contribution in [0.15, 0.2) is 36.7 Å². The van der Waals surface area contributed by atoms with Crippen molar-refractivity contribution >= 4 is 42.3 Å². The van der Waals surface area contributed by atoms with E-state index in [-0.39, 0.29) is 11.4 Å². The van der Waals surface area contributed by atoms with Crippen LogP contribution in [0.5, 0.6) is 5.75 Å². The Morgan fingerprint density at radius 2 is 2.00 bits per heavy atom. The van der Waals surface area contributed by atoms with Gasteiger partial charge in [0.1, 0.15) is 29.3 Å². The largest absolute Gasteiger partial charge is 0.462 e. The number of fused-ring (bicyclic) bond motifs is 1. The summed E-state index contributed by atoms with van der Waals surface area (Å²) < 4.78 is 53.4. The standard InChI is InChI=1S/C25H33ClFN6O7P/c1-14(2)38-24(35)15(3)32-41(36,40-17-9-7-6-8-10-17)37-12-25(11-26)20(34)18(27)23(39-25)33-13-29-19-21(28-5)30-16(4)31-22(19)33/h6-10,13-15,18,20,23,34H,11-12H2,1-5H3,(H,32,36)(H,28,30,31)/t15-,18+,20-,23+,25+,41?/m0/s1. The maximum atomic E-state index is 15.7. The summed E-state index contributed by atoms with van der Waals surface area (Å²) in [6.07, 6.45) is -4.30. The van der Waals surface area contributed by atoms with Gasteiger partial charge in [-0.3, -0.25) is 13.9 Å². The van der Waals surface area contributed by atoms with Crippen molar-refractivity contribution in [2.24, 2.45) is 0 Å². The Labute approximate surface area is 241 Å². The molecule has 1 aliphatic heterocycles. The average Bonchev–Trinajstić information content (AvgIpc) is 3.46. The first-order valence-electron chi connectivity index (χ1n) is 12.8. The van der Waals surface area contributed by atoms with Gasteiger partial charge in [0.05, 0.1) is 24.9 Å². The zero-order valence-corrected chi connectivity index (χ0v) is 24.8. The molecule has 224 valence electrons. The van der Waals surface area contributed by atoms with Gasteiger partial charge < -0.3 is 24.4 Å². The number of carbonyl (C=O) groups excluding carboxylic acids is 1. The lowest BCUT2D eigenvalue weighted by Crippen LogP contribution is -2.48. The number of nitrogens with zero attached hydrogens (tertiary/aromatic N) is 4. The molecule has 3 aromatic rings. The number of anilines is 1. The lowest BCUT2D eigenvalue weighted by Gasteiger charge is -2.31. The van der Waals surface area contributed by atoms with Crippen molar-refractivity contribution in [1.29, 1.82) is 0 Å². The summed E-state index contributed by atoms with van der Waals surface area (Å²) in [7, 11) is -2.69. The highest BCUT2D eigenvalue weighted by atomic mass is 35.5. The lowest BCUT2D eigenvalue weighted by atomic mass is 9.99. The van der Waals surface area contributed by atoms with Gasteiger partial charge in [-0.2, -0.15) is 5.09 Å². The van der Waals surface area contributed by atoms with E-state index in [9.17, 15) is 14.5 Å². The van der Waals surface area contributed by atoms with Crippen molar-refractivity contribution in [2.75, 3.05) is 24.9 Å². The fraction of sp³-hybridized carbons (Fsp3) is 0.520. The molecule has 1 unspecified atom stereocenters. The summed E-state index contributed by atoms with van der Waals surface area (Å²) in [4.78, 5) is 25.3. The number of alkyl halides is 2. The number of nitrogens with one attached hydrogen (secondary N) is 2. The maximum Gasteiger partial charge on any atom is 0.459 e. The second-order valence-corrected chi connectivity index (χ2v) is 11.8. The van der Waals surface area contributed by atoms with E-state index in [1.165, 1.54) is 30.0 Å². The molecule has 0 bridgehead atoms. The van der Waals surface area contributed by atoms with Crippen LogP contribution in [0.4, 0.5) is 10.2 Å². The topological polar surface area (TPSA) is 159 Å². The van der Waals surface area contributed by atoms with Crippen LogP contribution in [0.25, 0.3) is 11.2 Å². The van der Waals surface area contributed by atoms with E-state index < -0.39 is 62.5 Å². The van der Waals surface area contributed by atoms with Gasteiger partial charge in [-0.25, -0.2) is 23.9 Å². The average molecular weight is 615 g/mol. The third kappa shape index (κ3) is 6.63. The van der Waals surface area contributed by atoms with Crippen molar-refractivity contribution in [3.63, 3.8) is 0 Å². The number of aliphatic hydroxyl groups excluding tert-OH is 1. The number of ether oxygens (including phenoxy) is 2. The molecular formula is C25H33ClFN6O7P. The Kier molecular flexibility index (Phi) is 9.52. The molecule has 1 aromatic carbocycles. The SMILES string of the molecule is CNc1nc(C)nc2c1ncn2[C@@H]1O[C@](CCl)(COP(=O)(N[C@@H](C)C(=O)OC(C)C)Oc2ccccc2)[C@@H](O)[C@H]1F. The Bertz CT molecular complexity index is 1420. The Morgan fingerprint density at radius 1 is 1.29 bits per heavy atom. The van der Waals surface area contributed by atoms with Crippen LogP contribution in [-0.4, -0.2) is 80.2 Å². The highest BCUT2D eigenvalue weighted by molar-refractivity contribution is 7.52. The van der Waals surface area contributed by atoms with Crippen LogP contribution < -0.4 is 14.9 Å². The molecule has 3 N–H and O–H groups in total. The van der Waals surface area contributed by atoms with E-state index in [0.29, 0.717) is 17.2 Å². The molecule has 0 aliphatic carbocycles. The lowest BCUT2D eigenvalue weighted by molar-refractivity contribution is -0.149. The molecule has 0 spiro atoms. The van der Waals surface area contributed by atoms with E-state index in [4.69, 9.17) is 30.1 Å². The first kappa shape index (κ1) is 31.1. The van der Waals surface area contributed by atoms with Gasteiger partial charge >= 0.3 is 13.7 Å². The van der Waals surface area contributed by atoms with E-state index >= 15 is 4.39 Å². The number of hydrogen-bond acceptors (Lipinski definition) is 11. The molecule has 2 aromatic heterocycles. The smallest absolute Gasteiger partial charge is 0.459 e. The number of aromatic nitrogens is 4. The number of aliphatic hydroxyl groups is 1. The molecule has 41 heavy (non-hydrogen) atoms. The van der Waals surface area contributed by atoms with Gasteiger partial charge in [-0.1, -0.05) is 18.2 Å². The molecule has 3 heterocycles. The molecule has 0 saturated carbocycles. The second kappa shape index (κ2) is 12.6. The minimum atomic E-state index is -4.36. The molecule has 0 amide bonds. The van der Waals surface area contributed by atoms with Crippen LogP contribution in [0, 0.1) is 6.92 Å². The zero-order chi connectivity index (χ0) is 29.9. The molecule has 4 rings (SSSR count). The van der Waals surface area contributed by atoms with Crippen LogP contribution in [0.3, 0.4) is 0 Å². The fourth-order valence-corrected chi connectivity index (χ4v) is 6.06. The van der Waals surface area contributed by atoms with Crippen LogP contribution >= 0.6 is 19.3 Å². The van der Waals surface area contributed by atoms with E-state index in [2.05, 4.69) is 25.4 Å². The second-order valence-electron chi connectivity index (χ2n) is 9.80. The van der Waals surface area contributed by atoms with Crippen molar-refractivity contribution < 1.29 is 37.4 Å². The van der Waals surface area contributed by atoms with Crippen LogP contribution in [-0.2, 0) is 23.4 Å². The van der Waals surface area contributed by atoms with Crippen molar-refractivity contribution in [3.05, 3.63) is 42.5 Å². The van der Waals surface area contributed by atoms with Gasteiger partial charge in [0.15, 0.2) is 29.4 Å². The summed E-state index contributed by atoms with van der Waals surface area (Å²) in [5, 5.41) is 16.5. The monoisotopic (exact) mass is 614 g/mol. The first-order valence-corrected chi connectivity index (χ1v) is 14.9. The van der Waals surface area contributed by atoms with Crippen molar-refractivity contribution in [2.45, 2.75) is 63.9 Å². The van der Waals surface area contributed by atoms with Crippen molar-refractivity contribution in [1.82, 2.24) is 24.6 Å². The predicted octanol–water partition coefficient (Wildman–Crippen LogP) is 3.52. The minimum Gasteiger partial charge on any atom is -0.462 e. The predicted molar refractivity (Wildman–Crippen MR) is 149 cm³/mol. The number of carbonyl (C=O) groups is 1. The van der Waals surface area contributed by atoms with Crippen LogP contribution in [0.1, 0.15) is 32.8 Å². The van der Waals surface area contributed by atoms with Crippen molar-refractivity contribution in [3.8, 4) is 5.75 Å². The number of aryl methyl sites for hydroxylation is 1. The number of esters is 1. The van der Waals surface area contributed by atoms with Crippen LogP contribution in [0.2, 0.25) is 0 Å². The quantitative estimate of drug-likeness (QED) is 0.155. The van der Waals surface area contributed by atoms with E-state index in [1.54, 1.807) is 46.0 Å². The molecule has 0 radical (unpaired) electrons. The highest BCUT2D eigenvalue weighted by Gasteiger charge is 2.57. The summed E-state index contributed by atoms with van der Waals surface area (Å²) in [5.41, 5.74) is -1.23. The first-order chi connectivity index (χ1) is 19.4. The van der Waals surface area contributed by atoms with Gasteiger partial charge in [0.2, 0.25) is 0 Å². The number of rotatable bonds is 12. The van der Waals surface area contributed by atoms with Gasteiger partial charge in [-0.15, -0.1) is 11.6 Å². The van der Waals surface area contributed by atoms with E-state index in [0.717, 1.165) is 0 Å². The number of imidazole rings is 1. The molecule has 1 fully saturated rings. The molecule has 13 nitrogen and oxygen atoms in total. The van der Waals surface area contributed by atoms with Gasteiger partial charge in [0.25, 0.3) is 0 Å². The molecule has 1 saturated heterocycles. The third-order valence-corrected chi connectivity index (χ3v) is 8.32. The van der Waals surface area contributed by atoms with Gasteiger partial charge in [0, 0.05) is 7.05 Å². The molecule has 1 aliphatic rings. The Balaban J connectivity index is 1.61. The Morgan fingerprint density at radius 3 is 2.63 bits per heavy atom. The third-order valence-electron chi connectivity index (χ3n) is 6.24. The van der Waals surface area contributed by atoms with Gasteiger partial charge in [-0.05, 0) is 39.8 Å². The normalized spacial score (nSPS) is 24.8. The summed E-state index contributed by atoms with van der Waals surface area (Å²) in [6, 6.07) is 6.99. The maximum absolute atomic E-state index is 15.7. The Hall–Kier alpha value is -2.87. The van der Waals surface area contributed by atoms with E-state index in [1.807, 2.05) is 0 Å². The zero-order valence-electron chi connectivity index (χ0n) is 23.2. The fourth-order valence-electron chi connectivity index (χ4n) is 4.21. The minimum absolute atomic E-state index is 0.169. The number of hydrogen-bond donors (Lipinski definition) is 3. The number of para-hydroxylation sites is 1. The summed E-state index contributed by atoms with van der Waals surface area (Å²) in [5.74, 6) is -0.132.